The maximum atomic E-state index is 11.5. The number of hydrogen-bond acceptors (Lipinski definition) is 4. The maximum absolute atomic E-state index is 11.5. The summed E-state index contributed by atoms with van der Waals surface area (Å²) in [6.07, 6.45) is 4.18. The summed E-state index contributed by atoms with van der Waals surface area (Å²) in [6, 6.07) is 1.45. The van der Waals surface area contributed by atoms with Crippen LogP contribution in [0.2, 0.25) is 0 Å². The Balaban J connectivity index is 2.13. The zero-order valence-corrected chi connectivity index (χ0v) is 9.22. The van der Waals surface area contributed by atoms with Gasteiger partial charge in [-0.2, -0.15) is 5.10 Å². The van der Waals surface area contributed by atoms with Gasteiger partial charge in [0, 0.05) is 19.2 Å². The second-order valence-electron chi connectivity index (χ2n) is 3.97. The number of carbonyl (C=O) groups excluding carboxylic acids is 1. The standard InChI is InChI=1S/C10H16N4O2/c1-16-6-9(10(15)12-11)14-5-4-8(13-14)7-2-3-7/h4-5,7,9H,2-3,6,11H2,1H3,(H,12,15). The molecule has 0 spiro atoms. The summed E-state index contributed by atoms with van der Waals surface area (Å²) in [5, 5.41) is 4.38. The molecule has 1 aromatic heterocycles. The van der Waals surface area contributed by atoms with Crippen LogP contribution in [-0.4, -0.2) is 29.4 Å². The van der Waals surface area contributed by atoms with E-state index in [1.54, 1.807) is 18.0 Å². The number of ether oxygens (including phenoxy) is 1. The minimum Gasteiger partial charge on any atom is -0.382 e. The third kappa shape index (κ3) is 2.23. The first-order valence-corrected chi connectivity index (χ1v) is 5.30. The molecule has 1 amide bonds. The lowest BCUT2D eigenvalue weighted by Crippen LogP contribution is -2.39. The molecule has 1 aliphatic carbocycles. The highest BCUT2D eigenvalue weighted by molar-refractivity contribution is 5.79. The lowest BCUT2D eigenvalue weighted by atomic mass is 10.3. The zero-order valence-electron chi connectivity index (χ0n) is 9.22. The zero-order chi connectivity index (χ0) is 11.5. The smallest absolute Gasteiger partial charge is 0.261 e. The van der Waals surface area contributed by atoms with Gasteiger partial charge in [-0.15, -0.1) is 0 Å². The number of methoxy groups -OCH3 is 1. The molecule has 3 N–H and O–H groups in total. The van der Waals surface area contributed by atoms with Crippen LogP contribution in [0.3, 0.4) is 0 Å². The molecule has 88 valence electrons. The van der Waals surface area contributed by atoms with Crippen LogP contribution in [0.4, 0.5) is 0 Å². The number of nitrogens with two attached hydrogens (primary N) is 1. The molecular weight excluding hydrogens is 208 g/mol. The van der Waals surface area contributed by atoms with Crippen molar-refractivity contribution in [1.82, 2.24) is 15.2 Å². The van der Waals surface area contributed by atoms with Gasteiger partial charge in [0.25, 0.3) is 5.91 Å². The van der Waals surface area contributed by atoms with Gasteiger partial charge in [-0.25, -0.2) is 5.84 Å². The Morgan fingerprint density at radius 2 is 2.56 bits per heavy atom. The van der Waals surface area contributed by atoms with Crippen molar-refractivity contribution in [3.63, 3.8) is 0 Å². The van der Waals surface area contributed by atoms with E-state index in [0.717, 1.165) is 5.69 Å². The Morgan fingerprint density at radius 3 is 3.12 bits per heavy atom. The van der Waals surface area contributed by atoms with Gasteiger partial charge < -0.3 is 4.74 Å². The molecule has 6 heteroatoms. The van der Waals surface area contributed by atoms with E-state index in [9.17, 15) is 4.79 Å². The normalized spacial score (nSPS) is 17.1. The number of aromatic nitrogens is 2. The summed E-state index contributed by atoms with van der Waals surface area (Å²) >= 11 is 0. The lowest BCUT2D eigenvalue weighted by Gasteiger charge is -2.14. The fourth-order valence-electron chi connectivity index (χ4n) is 1.65. The summed E-state index contributed by atoms with van der Waals surface area (Å²) in [6.45, 7) is 0.259. The van der Waals surface area contributed by atoms with Crippen LogP contribution in [0, 0.1) is 0 Å². The van der Waals surface area contributed by atoms with Gasteiger partial charge in [-0.05, 0) is 18.9 Å². The van der Waals surface area contributed by atoms with Crippen LogP contribution >= 0.6 is 0 Å². The van der Waals surface area contributed by atoms with Crippen LogP contribution in [0.25, 0.3) is 0 Å². The van der Waals surface area contributed by atoms with E-state index in [1.165, 1.54) is 12.8 Å². The van der Waals surface area contributed by atoms with Gasteiger partial charge in [0.05, 0.1) is 12.3 Å². The van der Waals surface area contributed by atoms with Crippen molar-refractivity contribution in [3.05, 3.63) is 18.0 Å². The molecule has 1 aliphatic rings. The number of rotatable bonds is 5. The molecule has 1 saturated carbocycles. The molecule has 0 radical (unpaired) electrons. The molecule has 6 nitrogen and oxygen atoms in total. The van der Waals surface area contributed by atoms with Crippen molar-refractivity contribution < 1.29 is 9.53 Å². The molecule has 1 aromatic rings. The van der Waals surface area contributed by atoms with Crippen LogP contribution in [-0.2, 0) is 9.53 Å². The molecule has 1 heterocycles. The first-order valence-electron chi connectivity index (χ1n) is 5.30. The molecular formula is C10H16N4O2. The Labute approximate surface area is 93.7 Å². The molecule has 2 rings (SSSR count). The maximum Gasteiger partial charge on any atom is 0.261 e. The average molecular weight is 224 g/mol. The number of nitrogens with one attached hydrogen (secondary N) is 1. The quantitative estimate of drug-likeness (QED) is 0.417. The van der Waals surface area contributed by atoms with Gasteiger partial charge in [0.1, 0.15) is 0 Å². The Morgan fingerprint density at radius 1 is 1.81 bits per heavy atom. The van der Waals surface area contributed by atoms with Crippen molar-refractivity contribution in [2.24, 2.45) is 5.84 Å². The summed E-state index contributed by atoms with van der Waals surface area (Å²) in [7, 11) is 1.54. The third-order valence-corrected chi connectivity index (χ3v) is 2.71. The van der Waals surface area contributed by atoms with Crippen molar-refractivity contribution in [2.75, 3.05) is 13.7 Å². The van der Waals surface area contributed by atoms with E-state index in [-0.39, 0.29) is 12.5 Å². The molecule has 0 aliphatic heterocycles. The van der Waals surface area contributed by atoms with Crippen molar-refractivity contribution in [2.45, 2.75) is 24.8 Å². The minimum absolute atomic E-state index is 0.259. The number of carbonyl (C=O) groups is 1. The number of amides is 1. The molecule has 1 fully saturated rings. The van der Waals surface area contributed by atoms with Gasteiger partial charge in [-0.1, -0.05) is 0 Å². The highest BCUT2D eigenvalue weighted by Crippen LogP contribution is 2.39. The van der Waals surface area contributed by atoms with Crippen LogP contribution in [0.15, 0.2) is 12.3 Å². The van der Waals surface area contributed by atoms with Crippen molar-refractivity contribution in [3.8, 4) is 0 Å². The second-order valence-corrected chi connectivity index (χ2v) is 3.97. The van der Waals surface area contributed by atoms with E-state index in [4.69, 9.17) is 10.6 Å². The molecule has 0 bridgehead atoms. The monoisotopic (exact) mass is 224 g/mol. The van der Waals surface area contributed by atoms with Crippen LogP contribution in [0.1, 0.15) is 30.5 Å². The fourth-order valence-corrected chi connectivity index (χ4v) is 1.65. The molecule has 0 saturated heterocycles. The van der Waals surface area contributed by atoms with E-state index in [0.29, 0.717) is 5.92 Å². The lowest BCUT2D eigenvalue weighted by molar-refractivity contribution is -0.126. The van der Waals surface area contributed by atoms with Gasteiger partial charge in [0.2, 0.25) is 0 Å². The third-order valence-electron chi connectivity index (χ3n) is 2.71. The minimum atomic E-state index is -0.498. The SMILES string of the molecule is COCC(C(=O)NN)n1ccc(C2CC2)n1. The predicted molar refractivity (Wildman–Crippen MR) is 57.4 cm³/mol. The largest absolute Gasteiger partial charge is 0.382 e. The molecule has 0 aromatic carbocycles. The summed E-state index contributed by atoms with van der Waals surface area (Å²) in [4.78, 5) is 11.5. The van der Waals surface area contributed by atoms with Crippen molar-refractivity contribution in [1.29, 1.82) is 0 Å². The summed E-state index contributed by atoms with van der Waals surface area (Å²) < 4.78 is 6.60. The molecule has 1 atom stereocenters. The van der Waals surface area contributed by atoms with E-state index >= 15 is 0 Å². The van der Waals surface area contributed by atoms with E-state index in [1.807, 2.05) is 6.07 Å². The molecule has 16 heavy (non-hydrogen) atoms. The Hall–Kier alpha value is -1.40. The highest BCUT2D eigenvalue weighted by atomic mass is 16.5. The predicted octanol–water partition coefficient (Wildman–Crippen LogP) is -0.0621. The van der Waals surface area contributed by atoms with Crippen LogP contribution < -0.4 is 11.3 Å². The fraction of sp³-hybridized carbons (Fsp3) is 0.600. The first-order chi connectivity index (χ1) is 7.76. The Kier molecular flexibility index (Phi) is 3.21. The number of hydrogen-bond donors (Lipinski definition) is 2. The summed E-state index contributed by atoms with van der Waals surface area (Å²) in [5.74, 6) is 5.40. The second kappa shape index (κ2) is 4.63. The average Bonchev–Trinajstić information content (AvgIpc) is 3.04. The van der Waals surface area contributed by atoms with Gasteiger partial charge >= 0.3 is 0 Å². The van der Waals surface area contributed by atoms with Gasteiger partial charge in [0.15, 0.2) is 6.04 Å². The first kappa shape index (κ1) is 11.1. The van der Waals surface area contributed by atoms with Gasteiger partial charge in [-0.3, -0.25) is 14.9 Å². The molecule has 1 unspecified atom stereocenters. The van der Waals surface area contributed by atoms with E-state index in [2.05, 4.69) is 10.5 Å². The number of hydrazine groups is 1. The summed E-state index contributed by atoms with van der Waals surface area (Å²) in [5.41, 5.74) is 3.17. The van der Waals surface area contributed by atoms with E-state index < -0.39 is 6.04 Å². The highest BCUT2D eigenvalue weighted by Gasteiger charge is 2.28. The van der Waals surface area contributed by atoms with Crippen molar-refractivity contribution >= 4 is 5.91 Å². The Bertz CT molecular complexity index is 373. The van der Waals surface area contributed by atoms with Crippen LogP contribution in [0.5, 0.6) is 0 Å². The topological polar surface area (TPSA) is 82.2 Å². The number of nitrogens with zero attached hydrogens (tertiary/aromatic N) is 2.